The first-order valence-electron chi connectivity index (χ1n) is 1.93. The van der Waals surface area contributed by atoms with Crippen LogP contribution in [0, 0.1) is 12.3 Å². The Morgan fingerprint density at radius 1 is 1.80 bits per heavy atom. The molecule has 27 valence electrons. The molecule has 0 aromatic rings. The highest BCUT2D eigenvalue weighted by molar-refractivity contribution is 8.02. The van der Waals surface area contributed by atoms with Crippen LogP contribution in [0.3, 0.4) is 0 Å². The van der Waals surface area contributed by atoms with Crippen molar-refractivity contribution in [2.24, 2.45) is 5.92 Å². The second-order valence-electron chi connectivity index (χ2n) is 1.65. The molecule has 0 N–H and O–H groups in total. The van der Waals surface area contributed by atoms with Gasteiger partial charge >= 0.3 is 0 Å². The molecule has 0 bridgehead atoms. The zero-order valence-corrected chi connectivity index (χ0v) is 3.66. The summed E-state index contributed by atoms with van der Waals surface area (Å²) in [7, 11) is 0. The third-order valence-corrected chi connectivity index (χ3v) is 2.67. The van der Waals surface area contributed by atoms with E-state index in [1.807, 2.05) is 0 Å². The Kier molecular flexibility index (Phi) is 0.280. The van der Waals surface area contributed by atoms with Gasteiger partial charge in [-0.25, -0.2) is 0 Å². The number of rotatable bonds is 0. The van der Waals surface area contributed by atoms with Crippen molar-refractivity contribution in [1.29, 1.82) is 0 Å². The lowest BCUT2D eigenvalue weighted by Crippen LogP contribution is -1.98. The Morgan fingerprint density at radius 2 is 2.60 bits per heavy atom. The van der Waals surface area contributed by atoms with Gasteiger partial charge in [-0.1, -0.05) is 0 Å². The van der Waals surface area contributed by atoms with Crippen LogP contribution >= 0.6 is 11.8 Å². The number of hydrogen-bond acceptors (Lipinski definition) is 1. The van der Waals surface area contributed by atoms with Gasteiger partial charge in [-0.2, -0.15) is 11.8 Å². The Bertz CT molecular complexity index is 48.7. The molecule has 2 aliphatic rings. The van der Waals surface area contributed by atoms with E-state index in [9.17, 15) is 0 Å². The first kappa shape index (κ1) is 2.51. The first-order chi connectivity index (χ1) is 2.47. The van der Waals surface area contributed by atoms with Gasteiger partial charge in [0.05, 0.1) is 0 Å². The SMILES string of the molecule is [CH]1C2CSC12. The van der Waals surface area contributed by atoms with Crippen LogP contribution in [0.5, 0.6) is 0 Å². The van der Waals surface area contributed by atoms with Crippen molar-refractivity contribution in [3.63, 3.8) is 0 Å². The van der Waals surface area contributed by atoms with Gasteiger partial charge in [0.2, 0.25) is 0 Å². The molecule has 0 aromatic carbocycles. The Balaban J connectivity index is 2.19. The quantitative estimate of drug-likeness (QED) is 0.422. The topological polar surface area (TPSA) is 0 Å². The minimum absolute atomic E-state index is 1.02. The largest absolute Gasteiger partial charge is 0.158 e. The summed E-state index contributed by atoms with van der Waals surface area (Å²) in [5.74, 6) is 2.49. The van der Waals surface area contributed by atoms with Crippen molar-refractivity contribution in [3.05, 3.63) is 6.42 Å². The van der Waals surface area contributed by atoms with E-state index in [2.05, 4.69) is 18.2 Å². The third kappa shape index (κ3) is 0.186. The Labute approximate surface area is 35.9 Å². The first-order valence-corrected chi connectivity index (χ1v) is 2.98. The maximum Gasteiger partial charge on any atom is 0.0121 e. The molecule has 1 aliphatic carbocycles. The van der Waals surface area contributed by atoms with Crippen LogP contribution < -0.4 is 0 Å². The molecule has 1 radical (unpaired) electrons. The van der Waals surface area contributed by atoms with Gasteiger partial charge in [-0.15, -0.1) is 0 Å². The molecule has 1 saturated carbocycles. The van der Waals surface area contributed by atoms with E-state index in [0.29, 0.717) is 0 Å². The smallest absolute Gasteiger partial charge is 0.0121 e. The minimum Gasteiger partial charge on any atom is -0.158 e. The Hall–Kier alpha value is 0.350. The molecule has 5 heavy (non-hydrogen) atoms. The van der Waals surface area contributed by atoms with E-state index in [-0.39, 0.29) is 0 Å². The summed E-state index contributed by atoms with van der Waals surface area (Å²) in [6.45, 7) is 0. The van der Waals surface area contributed by atoms with Crippen LogP contribution in [0.2, 0.25) is 0 Å². The van der Waals surface area contributed by atoms with Gasteiger partial charge in [0.1, 0.15) is 0 Å². The molecule has 2 unspecified atom stereocenters. The summed E-state index contributed by atoms with van der Waals surface area (Å²) in [5, 5.41) is 1.02. The van der Waals surface area contributed by atoms with Gasteiger partial charge in [0, 0.05) is 5.25 Å². The van der Waals surface area contributed by atoms with E-state index in [4.69, 9.17) is 0 Å². The van der Waals surface area contributed by atoms with Crippen molar-refractivity contribution < 1.29 is 0 Å². The molecule has 0 spiro atoms. The molecule has 0 amide bonds. The van der Waals surface area contributed by atoms with Crippen molar-refractivity contribution in [2.75, 3.05) is 5.75 Å². The van der Waals surface area contributed by atoms with Crippen molar-refractivity contribution in [2.45, 2.75) is 5.25 Å². The van der Waals surface area contributed by atoms with E-state index < -0.39 is 0 Å². The molecule has 2 atom stereocenters. The summed E-state index contributed by atoms with van der Waals surface area (Å²) in [6.07, 6.45) is 2.41. The van der Waals surface area contributed by atoms with Crippen LogP contribution in [0.25, 0.3) is 0 Å². The molecule has 1 heteroatoms. The summed E-state index contributed by atoms with van der Waals surface area (Å²) in [4.78, 5) is 0. The summed E-state index contributed by atoms with van der Waals surface area (Å²) >= 11 is 2.08. The molecule has 0 nitrogen and oxygen atoms in total. The molecule has 1 saturated heterocycles. The number of thioether (sulfide) groups is 1. The molecule has 0 aromatic heterocycles. The molecule has 1 heterocycles. The van der Waals surface area contributed by atoms with Crippen molar-refractivity contribution >= 4 is 11.8 Å². The van der Waals surface area contributed by atoms with Gasteiger partial charge in [0.15, 0.2) is 0 Å². The standard InChI is InChI=1S/C4H5S/c1-3-2-5-4(1)3/h1,3-4H,2H2. The summed E-state index contributed by atoms with van der Waals surface area (Å²) in [5.41, 5.74) is 0. The average Bonchev–Trinajstić information content (AvgIpc) is 1.74. The monoisotopic (exact) mass is 85.0 g/mol. The predicted molar refractivity (Wildman–Crippen MR) is 24.0 cm³/mol. The molecular weight excluding hydrogens is 80.1 g/mol. The third-order valence-electron chi connectivity index (χ3n) is 1.20. The van der Waals surface area contributed by atoms with Crippen LogP contribution in [0.1, 0.15) is 0 Å². The van der Waals surface area contributed by atoms with Gasteiger partial charge < -0.3 is 0 Å². The predicted octanol–water partition coefficient (Wildman–Crippen LogP) is 0.936. The van der Waals surface area contributed by atoms with Gasteiger partial charge in [-0.3, -0.25) is 0 Å². The average molecular weight is 85.2 g/mol. The highest BCUT2D eigenvalue weighted by Gasteiger charge is 2.46. The zero-order chi connectivity index (χ0) is 3.28. The van der Waals surface area contributed by atoms with Crippen LogP contribution in [-0.2, 0) is 0 Å². The Morgan fingerprint density at radius 3 is 2.60 bits per heavy atom. The van der Waals surface area contributed by atoms with Gasteiger partial charge in [0.25, 0.3) is 0 Å². The second-order valence-corrected chi connectivity index (χ2v) is 2.87. The highest BCUT2D eigenvalue weighted by atomic mass is 32.2. The molecular formula is C4H5S. The highest BCUT2D eigenvalue weighted by Crippen LogP contribution is 2.52. The van der Waals surface area contributed by atoms with Crippen molar-refractivity contribution in [1.82, 2.24) is 0 Å². The van der Waals surface area contributed by atoms with E-state index in [1.54, 1.807) is 0 Å². The lowest BCUT2D eigenvalue weighted by molar-refractivity contribution is 0.993. The number of hydrogen-bond donors (Lipinski definition) is 0. The van der Waals surface area contributed by atoms with E-state index in [1.165, 1.54) is 5.75 Å². The van der Waals surface area contributed by atoms with Gasteiger partial charge in [-0.05, 0) is 18.1 Å². The fraction of sp³-hybridized carbons (Fsp3) is 0.750. The molecule has 2 rings (SSSR count). The van der Waals surface area contributed by atoms with Crippen LogP contribution in [-0.4, -0.2) is 11.0 Å². The van der Waals surface area contributed by atoms with Crippen LogP contribution in [0.15, 0.2) is 0 Å². The fourth-order valence-corrected chi connectivity index (χ4v) is 1.67. The van der Waals surface area contributed by atoms with E-state index in [0.717, 1.165) is 11.2 Å². The summed E-state index contributed by atoms with van der Waals surface area (Å²) in [6, 6.07) is 0. The lowest BCUT2D eigenvalue weighted by Gasteiger charge is -2.04. The summed E-state index contributed by atoms with van der Waals surface area (Å²) < 4.78 is 0. The normalized spacial score (nSPS) is 57.6. The maximum atomic E-state index is 2.41. The maximum absolute atomic E-state index is 2.41. The molecule has 1 aliphatic heterocycles. The minimum atomic E-state index is 1.02. The number of fused-ring (bicyclic) bond motifs is 1. The van der Waals surface area contributed by atoms with Crippen LogP contribution in [0.4, 0.5) is 0 Å². The molecule has 2 fully saturated rings. The van der Waals surface area contributed by atoms with Crippen molar-refractivity contribution in [3.8, 4) is 0 Å². The van der Waals surface area contributed by atoms with E-state index >= 15 is 0 Å². The fourth-order valence-electron chi connectivity index (χ4n) is 0.609. The lowest BCUT2D eigenvalue weighted by atomic mass is 10.5. The second kappa shape index (κ2) is 0.558. The zero-order valence-electron chi connectivity index (χ0n) is 2.85.